The van der Waals surface area contributed by atoms with Crippen molar-refractivity contribution in [1.29, 1.82) is 0 Å². The van der Waals surface area contributed by atoms with E-state index in [0.717, 1.165) is 0 Å². The molecule has 27 heavy (non-hydrogen) atoms. The number of hydrogen-bond donors (Lipinski definition) is 1. The molecule has 2 heterocycles. The largest absolute Gasteiger partial charge is 0.497 e. The predicted molar refractivity (Wildman–Crippen MR) is 97.8 cm³/mol. The third-order valence-corrected chi connectivity index (χ3v) is 4.95. The molecule has 0 aliphatic carbocycles. The van der Waals surface area contributed by atoms with Crippen LogP contribution in [0.25, 0.3) is 0 Å². The Morgan fingerprint density at radius 2 is 1.74 bits per heavy atom. The minimum atomic E-state index is -0.611. The van der Waals surface area contributed by atoms with Crippen LogP contribution in [0.5, 0.6) is 5.75 Å². The lowest BCUT2D eigenvalue weighted by Crippen LogP contribution is -2.45. The van der Waals surface area contributed by atoms with E-state index in [1.54, 1.807) is 55.5 Å². The molecule has 0 unspecified atom stereocenters. The molecule has 2 aromatic rings. The summed E-state index contributed by atoms with van der Waals surface area (Å²) in [5, 5.41) is 2.83. The van der Waals surface area contributed by atoms with E-state index in [0.29, 0.717) is 34.8 Å². The first-order valence-corrected chi connectivity index (χ1v) is 8.48. The molecule has 3 amide bonds. The lowest BCUT2D eigenvalue weighted by Gasteiger charge is -2.31. The number of anilines is 1. The molecule has 0 saturated carbocycles. The first-order chi connectivity index (χ1) is 13.0. The summed E-state index contributed by atoms with van der Waals surface area (Å²) in [6.45, 7) is 0.294. The number of ether oxygens (including phenoxy) is 1. The summed E-state index contributed by atoms with van der Waals surface area (Å²) in [5.74, 6) is 0.141. The van der Waals surface area contributed by atoms with Crippen molar-refractivity contribution in [3.8, 4) is 5.75 Å². The lowest BCUT2D eigenvalue weighted by molar-refractivity contribution is -0.114. The molecular formula is C20H18FN3O3. The van der Waals surface area contributed by atoms with Gasteiger partial charge in [0, 0.05) is 12.7 Å². The van der Waals surface area contributed by atoms with Crippen molar-refractivity contribution >= 4 is 17.6 Å². The van der Waals surface area contributed by atoms with Crippen LogP contribution in [0.4, 0.5) is 14.9 Å². The van der Waals surface area contributed by atoms with E-state index in [1.807, 2.05) is 0 Å². The number of carbonyl (C=O) groups is 2. The van der Waals surface area contributed by atoms with Gasteiger partial charge in [-0.25, -0.2) is 9.18 Å². The Morgan fingerprint density at radius 1 is 1.07 bits per heavy atom. The number of nitrogens with one attached hydrogen (secondary N) is 1. The molecule has 0 bridgehead atoms. The van der Waals surface area contributed by atoms with Crippen LogP contribution in [0.2, 0.25) is 0 Å². The van der Waals surface area contributed by atoms with Crippen molar-refractivity contribution in [2.24, 2.45) is 0 Å². The van der Waals surface area contributed by atoms with Crippen LogP contribution in [-0.2, 0) is 4.79 Å². The number of likely N-dealkylation sites (N-methyl/N-ethyl adjacent to an activating group) is 1. The second-order valence-corrected chi connectivity index (χ2v) is 6.44. The monoisotopic (exact) mass is 367 g/mol. The van der Waals surface area contributed by atoms with Gasteiger partial charge in [0.15, 0.2) is 0 Å². The molecule has 0 radical (unpaired) electrons. The molecule has 2 aliphatic heterocycles. The summed E-state index contributed by atoms with van der Waals surface area (Å²) in [7, 11) is 3.21. The molecule has 1 N–H and O–H groups in total. The molecule has 138 valence electrons. The highest BCUT2D eigenvalue weighted by molar-refractivity contribution is 6.11. The van der Waals surface area contributed by atoms with Gasteiger partial charge in [-0.1, -0.05) is 12.1 Å². The van der Waals surface area contributed by atoms with E-state index in [2.05, 4.69) is 5.32 Å². The van der Waals surface area contributed by atoms with Crippen molar-refractivity contribution in [1.82, 2.24) is 10.2 Å². The quantitative estimate of drug-likeness (QED) is 0.907. The molecule has 0 spiro atoms. The van der Waals surface area contributed by atoms with E-state index in [-0.39, 0.29) is 17.8 Å². The van der Waals surface area contributed by atoms with E-state index >= 15 is 0 Å². The topological polar surface area (TPSA) is 61.9 Å². The van der Waals surface area contributed by atoms with E-state index in [1.165, 1.54) is 17.0 Å². The van der Waals surface area contributed by atoms with Gasteiger partial charge >= 0.3 is 6.03 Å². The van der Waals surface area contributed by atoms with Gasteiger partial charge in [0.1, 0.15) is 11.6 Å². The van der Waals surface area contributed by atoms with Crippen LogP contribution in [0, 0.1) is 5.82 Å². The highest BCUT2D eigenvalue weighted by Gasteiger charge is 2.43. The minimum Gasteiger partial charge on any atom is -0.497 e. The zero-order valence-electron chi connectivity index (χ0n) is 14.9. The average Bonchev–Trinajstić information content (AvgIpc) is 3.03. The fourth-order valence-corrected chi connectivity index (χ4v) is 3.44. The summed E-state index contributed by atoms with van der Waals surface area (Å²) in [4.78, 5) is 28.6. The van der Waals surface area contributed by atoms with Crippen LogP contribution in [-0.4, -0.2) is 37.5 Å². The molecular weight excluding hydrogens is 349 g/mol. The molecule has 0 saturated heterocycles. The Hall–Kier alpha value is -3.35. The van der Waals surface area contributed by atoms with Crippen molar-refractivity contribution in [2.45, 2.75) is 6.04 Å². The van der Waals surface area contributed by atoms with Gasteiger partial charge in [-0.05, 0) is 42.0 Å². The van der Waals surface area contributed by atoms with Crippen LogP contribution in [0.15, 0.2) is 59.8 Å². The number of amides is 3. The zero-order chi connectivity index (χ0) is 19.1. The normalized spacial score (nSPS) is 19.3. The van der Waals surface area contributed by atoms with Gasteiger partial charge in [0.05, 0.1) is 31.0 Å². The maximum atomic E-state index is 13.3. The first-order valence-electron chi connectivity index (χ1n) is 8.48. The third kappa shape index (κ3) is 2.81. The third-order valence-electron chi connectivity index (χ3n) is 4.95. The molecule has 0 fully saturated rings. The number of carbonyl (C=O) groups excluding carboxylic acids is 2. The average molecular weight is 367 g/mol. The first kappa shape index (κ1) is 17.1. The van der Waals surface area contributed by atoms with Crippen molar-refractivity contribution in [2.75, 3.05) is 25.6 Å². The van der Waals surface area contributed by atoms with Crippen molar-refractivity contribution < 1.29 is 18.7 Å². The van der Waals surface area contributed by atoms with Crippen molar-refractivity contribution in [3.05, 3.63) is 71.2 Å². The SMILES string of the molecule is COc1ccc(N2CC3=C(C2=O)[C@@H](c2ccc(F)cc2)NC(=O)N3C)cc1. The molecule has 2 aliphatic rings. The molecule has 0 aromatic heterocycles. The molecule has 2 aromatic carbocycles. The highest BCUT2D eigenvalue weighted by Crippen LogP contribution is 2.37. The summed E-state index contributed by atoms with van der Waals surface area (Å²) < 4.78 is 18.5. The Kier molecular flexibility index (Phi) is 4.07. The zero-order valence-corrected chi connectivity index (χ0v) is 14.9. The van der Waals surface area contributed by atoms with Gasteiger partial charge in [0.25, 0.3) is 5.91 Å². The molecule has 6 nitrogen and oxygen atoms in total. The van der Waals surface area contributed by atoms with Crippen molar-refractivity contribution in [3.63, 3.8) is 0 Å². The Balaban J connectivity index is 1.72. The van der Waals surface area contributed by atoms with Gasteiger partial charge < -0.3 is 15.0 Å². The maximum absolute atomic E-state index is 13.3. The number of methoxy groups -OCH3 is 1. The number of rotatable bonds is 3. The summed E-state index contributed by atoms with van der Waals surface area (Å²) in [6.07, 6.45) is 0. The van der Waals surface area contributed by atoms with Crippen LogP contribution in [0.1, 0.15) is 11.6 Å². The van der Waals surface area contributed by atoms with Gasteiger partial charge in [-0.3, -0.25) is 9.69 Å². The standard InChI is InChI=1S/C20H18FN3O3/c1-23-16-11-24(14-7-9-15(27-2)10-8-14)19(25)17(16)18(22-20(23)26)12-3-5-13(21)6-4-12/h3-10,18H,11H2,1-2H3,(H,22,26)/t18-/m1/s1. The lowest BCUT2D eigenvalue weighted by atomic mass is 9.96. The smallest absolute Gasteiger partial charge is 0.322 e. The summed E-state index contributed by atoms with van der Waals surface area (Å²) in [6, 6.07) is 12.1. The van der Waals surface area contributed by atoms with E-state index in [4.69, 9.17) is 4.74 Å². The molecule has 1 atom stereocenters. The Morgan fingerprint density at radius 3 is 2.37 bits per heavy atom. The second-order valence-electron chi connectivity index (χ2n) is 6.44. The Bertz CT molecular complexity index is 938. The maximum Gasteiger partial charge on any atom is 0.322 e. The van der Waals surface area contributed by atoms with Gasteiger partial charge in [-0.2, -0.15) is 0 Å². The number of halogens is 1. The fourth-order valence-electron chi connectivity index (χ4n) is 3.44. The van der Waals surface area contributed by atoms with Gasteiger partial charge in [-0.15, -0.1) is 0 Å². The number of hydrogen-bond acceptors (Lipinski definition) is 3. The van der Waals surface area contributed by atoms with E-state index in [9.17, 15) is 14.0 Å². The fraction of sp³-hybridized carbons (Fsp3) is 0.200. The molecule has 4 rings (SSSR count). The van der Waals surface area contributed by atoms with E-state index < -0.39 is 6.04 Å². The van der Waals surface area contributed by atoms with Crippen LogP contribution >= 0.6 is 0 Å². The molecule has 7 heteroatoms. The predicted octanol–water partition coefficient (Wildman–Crippen LogP) is 2.83. The van der Waals surface area contributed by atoms with Crippen LogP contribution < -0.4 is 15.0 Å². The van der Waals surface area contributed by atoms with Crippen LogP contribution in [0.3, 0.4) is 0 Å². The second kappa shape index (κ2) is 6.42. The number of benzene rings is 2. The number of urea groups is 1. The summed E-state index contributed by atoms with van der Waals surface area (Å²) >= 11 is 0. The van der Waals surface area contributed by atoms with Gasteiger partial charge in [0.2, 0.25) is 0 Å². The highest BCUT2D eigenvalue weighted by atomic mass is 19.1. The minimum absolute atomic E-state index is 0.184. The summed E-state index contributed by atoms with van der Waals surface area (Å²) in [5.41, 5.74) is 2.53. The number of nitrogens with zero attached hydrogens (tertiary/aromatic N) is 2. The Labute approximate surface area is 155 Å².